The monoisotopic (exact) mass is 292 g/mol. The van der Waals surface area contributed by atoms with E-state index in [1.807, 2.05) is 0 Å². The standard InChI is InChI=1S/C11H7F3O4S/c1-6-4-10(15)18-9-5-7(2-3-8(6)9)19(16,17)11(12,13)14/h2-5H,1H3. The molecule has 0 fully saturated rings. The van der Waals surface area contributed by atoms with Gasteiger partial charge in [0, 0.05) is 17.5 Å². The van der Waals surface area contributed by atoms with Gasteiger partial charge in [0.2, 0.25) is 0 Å². The summed E-state index contributed by atoms with van der Waals surface area (Å²) in [4.78, 5) is 10.2. The Morgan fingerprint density at radius 3 is 2.37 bits per heavy atom. The molecule has 0 unspecified atom stereocenters. The van der Waals surface area contributed by atoms with Gasteiger partial charge in [0.25, 0.3) is 9.84 Å². The van der Waals surface area contributed by atoms with E-state index in [0.717, 1.165) is 6.07 Å². The zero-order valence-corrected chi connectivity index (χ0v) is 10.3. The van der Waals surface area contributed by atoms with Gasteiger partial charge in [-0.1, -0.05) is 0 Å². The second-order valence-corrected chi connectivity index (χ2v) is 5.80. The first-order valence-corrected chi connectivity index (χ1v) is 6.47. The summed E-state index contributed by atoms with van der Waals surface area (Å²) >= 11 is 0. The average Bonchev–Trinajstić information content (AvgIpc) is 2.26. The molecule has 8 heteroatoms. The maximum absolute atomic E-state index is 12.4. The predicted molar refractivity (Wildman–Crippen MR) is 60.5 cm³/mol. The Balaban J connectivity index is 2.77. The molecule has 0 bridgehead atoms. The van der Waals surface area contributed by atoms with Gasteiger partial charge >= 0.3 is 11.1 Å². The van der Waals surface area contributed by atoms with E-state index in [9.17, 15) is 26.4 Å². The zero-order valence-electron chi connectivity index (χ0n) is 9.48. The number of benzene rings is 1. The molecule has 0 amide bonds. The van der Waals surface area contributed by atoms with Gasteiger partial charge < -0.3 is 4.42 Å². The minimum atomic E-state index is -5.46. The van der Waals surface area contributed by atoms with Crippen LogP contribution in [0.15, 0.2) is 38.4 Å². The first kappa shape index (κ1) is 13.6. The molecule has 4 nitrogen and oxygen atoms in total. The molecule has 0 atom stereocenters. The summed E-state index contributed by atoms with van der Waals surface area (Å²) in [7, 11) is -5.46. The Morgan fingerprint density at radius 2 is 1.79 bits per heavy atom. The van der Waals surface area contributed by atoms with Crippen molar-refractivity contribution in [1.82, 2.24) is 0 Å². The van der Waals surface area contributed by atoms with E-state index >= 15 is 0 Å². The van der Waals surface area contributed by atoms with Crippen LogP contribution in [0.5, 0.6) is 0 Å². The highest BCUT2D eigenvalue weighted by molar-refractivity contribution is 7.92. The van der Waals surface area contributed by atoms with Gasteiger partial charge in [-0.15, -0.1) is 0 Å². The van der Waals surface area contributed by atoms with Crippen LogP contribution in [0.1, 0.15) is 5.56 Å². The van der Waals surface area contributed by atoms with Crippen molar-refractivity contribution in [3.8, 4) is 0 Å². The first-order valence-electron chi connectivity index (χ1n) is 4.99. The molecule has 0 N–H and O–H groups in total. The maximum atomic E-state index is 12.4. The third kappa shape index (κ3) is 2.23. The lowest BCUT2D eigenvalue weighted by atomic mass is 10.1. The van der Waals surface area contributed by atoms with Crippen LogP contribution < -0.4 is 5.63 Å². The Kier molecular flexibility index (Phi) is 2.93. The SMILES string of the molecule is Cc1cc(=O)oc2cc(S(=O)(=O)C(F)(F)F)ccc12. The van der Waals surface area contributed by atoms with Gasteiger partial charge in [0.05, 0.1) is 4.90 Å². The molecule has 102 valence electrons. The highest BCUT2D eigenvalue weighted by Gasteiger charge is 2.47. The van der Waals surface area contributed by atoms with Crippen LogP contribution in [0, 0.1) is 6.92 Å². The lowest BCUT2D eigenvalue weighted by molar-refractivity contribution is -0.0435. The van der Waals surface area contributed by atoms with E-state index < -0.39 is 25.9 Å². The minimum Gasteiger partial charge on any atom is -0.423 e. The van der Waals surface area contributed by atoms with Gasteiger partial charge in [-0.25, -0.2) is 13.2 Å². The fraction of sp³-hybridized carbons (Fsp3) is 0.182. The molecular weight excluding hydrogens is 285 g/mol. The normalized spacial score (nSPS) is 12.8. The van der Waals surface area contributed by atoms with E-state index in [-0.39, 0.29) is 5.58 Å². The van der Waals surface area contributed by atoms with Crippen molar-refractivity contribution >= 4 is 20.8 Å². The molecule has 2 aromatic rings. The van der Waals surface area contributed by atoms with Crippen LogP contribution in [0.4, 0.5) is 13.2 Å². The Labute approximate surface area is 105 Å². The van der Waals surface area contributed by atoms with Gasteiger partial charge in [-0.3, -0.25) is 0 Å². The second-order valence-electron chi connectivity index (χ2n) is 3.86. The van der Waals surface area contributed by atoms with Crippen molar-refractivity contribution in [2.24, 2.45) is 0 Å². The van der Waals surface area contributed by atoms with Crippen molar-refractivity contribution in [3.63, 3.8) is 0 Å². The van der Waals surface area contributed by atoms with Gasteiger partial charge in [-0.2, -0.15) is 13.2 Å². The van der Waals surface area contributed by atoms with Crippen LogP contribution in [0.3, 0.4) is 0 Å². The molecule has 0 spiro atoms. The number of fused-ring (bicyclic) bond motifs is 1. The number of alkyl halides is 3. The smallest absolute Gasteiger partial charge is 0.423 e. The molecule has 0 saturated carbocycles. The predicted octanol–water partition coefficient (Wildman–Crippen LogP) is 2.39. The Bertz CT molecular complexity index is 803. The van der Waals surface area contributed by atoms with Gasteiger partial charge in [-0.05, 0) is 24.6 Å². The molecule has 2 rings (SSSR count). The first-order chi connectivity index (χ1) is 8.63. The quantitative estimate of drug-likeness (QED) is 0.757. The van der Waals surface area contributed by atoms with Crippen LogP contribution in [0.2, 0.25) is 0 Å². The summed E-state index contributed by atoms with van der Waals surface area (Å²) in [5.41, 5.74) is -5.87. The van der Waals surface area contributed by atoms with E-state index in [1.165, 1.54) is 12.1 Å². The molecule has 0 saturated heterocycles. The summed E-state index contributed by atoms with van der Waals surface area (Å²) in [6, 6.07) is 3.87. The molecular formula is C11H7F3O4S. The maximum Gasteiger partial charge on any atom is 0.501 e. The van der Waals surface area contributed by atoms with Gasteiger partial charge in [0.15, 0.2) is 0 Å². The molecule has 0 radical (unpaired) electrons. The van der Waals surface area contributed by atoms with Crippen molar-refractivity contribution in [2.45, 2.75) is 17.3 Å². The van der Waals surface area contributed by atoms with Gasteiger partial charge in [0.1, 0.15) is 5.58 Å². The van der Waals surface area contributed by atoms with Crippen molar-refractivity contribution in [3.05, 3.63) is 40.2 Å². The molecule has 0 aliphatic carbocycles. The molecule has 19 heavy (non-hydrogen) atoms. The van der Waals surface area contributed by atoms with Crippen molar-refractivity contribution < 1.29 is 26.0 Å². The molecule has 0 aliphatic heterocycles. The molecule has 0 aliphatic rings. The van der Waals surface area contributed by atoms with E-state index in [1.54, 1.807) is 6.92 Å². The molecule has 1 aromatic heterocycles. The average molecular weight is 292 g/mol. The van der Waals surface area contributed by atoms with Crippen molar-refractivity contribution in [1.29, 1.82) is 0 Å². The van der Waals surface area contributed by atoms with E-state index in [0.29, 0.717) is 17.0 Å². The minimum absolute atomic E-state index is 0.199. The van der Waals surface area contributed by atoms with Crippen molar-refractivity contribution in [2.75, 3.05) is 0 Å². The highest BCUT2D eigenvalue weighted by Crippen LogP contribution is 2.31. The third-order valence-corrected chi connectivity index (χ3v) is 4.02. The number of hydrogen-bond donors (Lipinski definition) is 0. The number of rotatable bonds is 1. The van der Waals surface area contributed by atoms with E-state index in [2.05, 4.69) is 0 Å². The zero-order chi connectivity index (χ0) is 14.4. The largest absolute Gasteiger partial charge is 0.501 e. The topological polar surface area (TPSA) is 64.3 Å². The summed E-state index contributed by atoms with van der Waals surface area (Å²) in [5.74, 6) is 0. The lowest BCUT2D eigenvalue weighted by Crippen LogP contribution is -2.23. The summed E-state index contributed by atoms with van der Waals surface area (Å²) in [6.45, 7) is 1.57. The number of halogens is 3. The Hall–Kier alpha value is -1.83. The molecule has 1 heterocycles. The van der Waals surface area contributed by atoms with Crippen LogP contribution in [0.25, 0.3) is 11.0 Å². The number of sulfone groups is 1. The lowest BCUT2D eigenvalue weighted by Gasteiger charge is -2.08. The summed E-state index contributed by atoms with van der Waals surface area (Å²) in [5, 5.41) is 0.376. The number of aryl methyl sites for hydroxylation is 1. The Morgan fingerprint density at radius 1 is 1.16 bits per heavy atom. The fourth-order valence-electron chi connectivity index (χ4n) is 1.61. The van der Waals surface area contributed by atoms with Crippen LogP contribution in [-0.4, -0.2) is 13.9 Å². The van der Waals surface area contributed by atoms with Crippen LogP contribution >= 0.6 is 0 Å². The highest BCUT2D eigenvalue weighted by atomic mass is 32.2. The van der Waals surface area contributed by atoms with Crippen LogP contribution in [-0.2, 0) is 9.84 Å². The molecule has 1 aromatic carbocycles. The summed E-state index contributed by atoms with van der Waals surface area (Å²) < 4.78 is 64.3. The second kappa shape index (κ2) is 4.09. The van der Waals surface area contributed by atoms with E-state index in [4.69, 9.17) is 4.42 Å². The third-order valence-electron chi connectivity index (χ3n) is 2.54. The summed E-state index contributed by atoms with van der Waals surface area (Å²) in [6.07, 6.45) is 0. The fourth-order valence-corrected chi connectivity index (χ4v) is 2.38. The number of hydrogen-bond acceptors (Lipinski definition) is 4.